The minimum atomic E-state index is -0.400. The van der Waals surface area contributed by atoms with Crippen molar-refractivity contribution in [2.24, 2.45) is 0 Å². The van der Waals surface area contributed by atoms with E-state index in [9.17, 15) is 4.79 Å². The van der Waals surface area contributed by atoms with Gasteiger partial charge in [-0.1, -0.05) is 0 Å². The summed E-state index contributed by atoms with van der Waals surface area (Å²) in [5.41, 5.74) is 0.913. The molecule has 1 aromatic carbocycles. The summed E-state index contributed by atoms with van der Waals surface area (Å²) in [6, 6.07) is 11.7. The molecule has 0 aliphatic rings. The van der Waals surface area contributed by atoms with Gasteiger partial charge in [-0.25, -0.2) is 9.78 Å². The Morgan fingerprint density at radius 2 is 1.95 bits per heavy atom. The average molecular weight is 254 g/mol. The van der Waals surface area contributed by atoms with E-state index in [4.69, 9.17) is 10.00 Å². The van der Waals surface area contributed by atoms with Gasteiger partial charge >= 0.3 is 5.97 Å². The summed E-state index contributed by atoms with van der Waals surface area (Å²) in [7, 11) is 1.33. The van der Waals surface area contributed by atoms with Crippen molar-refractivity contribution in [3.63, 3.8) is 0 Å². The molecule has 0 radical (unpaired) electrons. The number of esters is 1. The lowest BCUT2D eigenvalue weighted by Gasteiger charge is -2.05. The highest BCUT2D eigenvalue weighted by Crippen LogP contribution is 2.20. The molecule has 0 saturated heterocycles. The fraction of sp³-hybridized carbons (Fsp3) is 0.0714. The number of hydrogen-bond acceptors (Lipinski definition) is 5. The van der Waals surface area contributed by atoms with Crippen molar-refractivity contribution in [3.8, 4) is 17.7 Å². The number of hydrogen-bond donors (Lipinski definition) is 0. The molecule has 5 nitrogen and oxygen atoms in total. The highest BCUT2D eigenvalue weighted by molar-refractivity contribution is 5.89. The Labute approximate surface area is 110 Å². The van der Waals surface area contributed by atoms with Gasteiger partial charge in [0.1, 0.15) is 11.8 Å². The maximum Gasteiger partial charge on any atom is 0.337 e. The summed E-state index contributed by atoms with van der Waals surface area (Å²) in [6.45, 7) is 0. The first-order valence-electron chi connectivity index (χ1n) is 5.45. The maximum atomic E-state index is 11.2. The number of benzene rings is 1. The normalized spacial score (nSPS) is 9.47. The summed E-state index contributed by atoms with van der Waals surface area (Å²) in [4.78, 5) is 15.2. The smallest absolute Gasteiger partial charge is 0.337 e. The Bertz CT molecular complexity index is 613. The van der Waals surface area contributed by atoms with Gasteiger partial charge in [-0.05, 0) is 30.3 Å². The van der Waals surface area contributed by atoms with Crippen molar-refractivity contribution in [3.05, 3.63) is 53.7 Å². The SMILES string of the molecule is COC(=O)c1ccc(Oc2ccc(C#N)cn2)cc1. The molecule has 2 aromatic rings. The second-order valence-electron chi connectivity index (χ2n) is 3.61. The quantitative estimate of drug-likeness (QED) is 0.787. The number of carbonyl (C=O) groups is 1. The molecule has 0 unspecified atom stereocenters. The van der Waals surface area contributed by atoms with E-state index in [1.54, 1.807) is 36.4 Å². The van der Waals surface area contributed by atoms with Crippen LogP contribution in [0.15, 0.2) is 42.6 Å². The van der Waals surface area contributed by atoms with Gasteiger partial charge in [0, 0.05) is 12.3 Å². The van der Waals surface area contributed by atoms with Crippen LogP contribution in [0.1, 0.15) is 15.9 Å². The Kier molecular flexibility index (Phi) is 3.74. The molecule has 0 aliphatic heterocycles. The lowest BCUT2D eigenvalue weighted by molar-refractivity contribution is 0.0600. The maximum absolute atomic E-state index is 11.2. The molecular weight excluding hydrogens is 244 g/mol. The Balaban J connectivity index is 2.10. The van der Waals surface area contributed by atoms with E-state index in [1.165, 1.54) is 13.3 Å². The average Bonchev–Trinajstić information content (AvgIpc) is 2.48. The van der Waals surface area contributed by atoms with Crippen molar-refractivity contribution in [2.75, 3.05) is 7.11 Å². The molecule has 0 fully saturated rings. The predicted octanol–water partition coefficient (Wildman–Crippen LogP) is 2.53. The molecular formula is C14H10N2O3. The lowest BCUT2D eigenvalue weighted by atomic mass is 10.2. The van der Waals surface area contributed by atoms with Crippen LogP contribution in [0.3, 0.4) is 0 Å². The summed E-state index contributed by atoms with van der Waals surface area (Å²) in [5, 5.41) is 8.65. The van der Waals surface area contributed by atoms with Crippen LogP contribution in [0, 0.1) is 11.3 Å². The second kappa shape index (κ2) is 5.65. The van der Waals surface area contributed by atoms with Crippen LogP contribution in [-0.2, 0) is 4.74 Å². The summed E-state index contributed by atoms with van der Waals surface area (Å²) in [5.74, 6) is 0.526. The molecule has 2 rings (SSSR count). The first-order chi connectivity index (χ1) is 9.22. The van der Waals surface area contributed by atoms with E-state index in [0.717, 1.165) is 0 Å². The minimum Gasteiger partial charge on any atom is -0.465 e. The monoisotopic (exact) mass is 254 g/mol. The molecule has 1 heterocycles. The third-order valence-electron chi connectivity index (χ3n) is 2.36. The summed E-state index contributed by atoms with van der Waals surface area (Å²) < 4.78 is 10.1. The van der Waals surface area contributed by atoms with Crippen LogP contribution >= 0.6 is 0 Å². The molecule has 0 spiro atoms. The minimum absolute atomic E-state index is 0.379. The third kappa shape index (κ3) is 3.07. The number of methoxy groups -OCH3 is 1. The third-order valence-corrected chi connectivity index (χ3v) is 2.36. The molecule has 0 N–H and O–H groups in total. The number of nitrogens with zero attached hydrogens (tertiary/aromatic N) is 2. The van der Waals surface area contributed by atoms with Gasteiger partial charge in [0.25, 0.3) is 0 Å². The van der Waals surface area contributed by atoms with Crippen molar-refractivity contribution >= 4 is 5.97 Å². The van der Waals surface area contributed by atoms with E-state index >= 15 is 0 Å². The van der Waals surface area contributed by atoms with E-state index < -0.39 is 5.97 Å². The fourth-order valence-electron chi connectivity index (χ4n) is 1.40. The van der Waals surface area contributed by atoms with E-state index in [0.29, 0.717) is 22.8 Å². The highest BCUT2D eigenvalue weighted by Gasteiger charge is 2.05. The zero-order valence-corrected chi connectivity index (χ0v) is 10.2. The standard InChI is InChI=1S/C14H10N2O3/c1-18-14(17)11-3-5-12(6-4-11)19-13-7-2-10(8-15)9-16-13/h2-7,9H,1H3. The second-order valence-corrected chi connectivity index (χ2v) is 3.61. The lowest BCUT2D eigenvalue weighted by Crippen LogP contribution is -2.00. The molecule has 0 bridgehead atoms. The molecule has 1 aromatic heterocycles. The predicted molar refractivity (Wildman–Crippen MR) is 66.8 cm³/mol. The zero-order chi connectivity index (χ0) is 13.7. The topological polar surface area (TPSA) is 72.2 Å². The summed E-state index contributed by atoms with van der Waals surface area (Å²) >= 11 is 0. The largest absolute Gasteiger partial charge is 0.465 e. The van der Waals surface area contributed by atoms with E-state index in [-0.39, 0.29) is 0 Å². The fourth-order valence-corrected chi connectivity index (χ4v) is 1.40. The molecule has 19 heavy (non-hydrogen) atoms. The van der Waals surface area contributed by atoms with E-state index in [1.807, 2.05) is 6.07 Å². The number of nitriles is 1. The molecule has 0 amide bonds. The van der Waals surface area contributed by atoms with Crippen LogP contribution in [0.2, 0.25) is 0 Å². The van der Waals surface area contributed by atoms with Crippen LogP contribution in [0.5, 0.6) is 11.6 Å². The number of aromatic nitrogens is 1. The molecule has 0 aliphatic carbocycles. The number of carbonyl (C=O) groups excluding carboxylic acids is 1. The van der Waals surface area contributed by atoms with Crippen molar-refractivity contribution in [1.29, 1.82) is 5.26 Å². The molecule has 0 atom stereocenters. The first-order valence-corrected chi connectivity index (χ1v) is 5.45. The molecule has 5 heteroatoms. The summed E-state index contributed by atoms with van der Waals surface area (Å²) in [6.07, 6.45) is 1.43. The first kappa shape index (κ1) is 12.6. The van der Waals surface area contributed by atoms with Gasteiger partial charge in [-0.15, -0.1) is 0 Å². The van der Waals surface area contributed by atoms with Crippen LogP contribution in [-0.4, -0.2) is 18.1 Å². The Morgan fingerprint density at radius 1 is 1.21 bits per heavy atom. The van der Waals surface area contributed by atoms with Gasteiger partial charge in [-0.3, -0.25) is 0 Å². The van der Waals surface area contributed by atoms with Crippen LogP contribution in [0.25, 0.3) is 0 Å². The van der Waals surface area contributed by atoms with Gasteiger partial charge < -0.3 is 9.47 Å². The molecule has 94 valence electrons. The van der Waals surface area contributed by atoms with Crippen molar-refractivity contribution < 1.29 is 14.3 Å². The van der Waals surface area contributed by atoms with Crippen LogP contribution in [0.4, 0.5) is 0 Å². The number of rotatable bonds is 3. The number of ether oxygens (including phenoxy) is 2. The van der Waals surface area contributed by atoms with Gasteiger partial charge in [-0.2, -0.15) is 5.26 Å². The molecule has 0 saturated carbocycles. The van der Waals surface area contributed by atoms with Gasteiger partial charge in [0.15, 0.2) is 0 Å². The Hall–Kier alpha value is -2.87. The van der Waals surface area contributed by atoms with Gasteiger partial charge in [0.05, 0.1) is 18.2 Å². The zero-order valence-electron chi connectivity index (χ0n) is 10.2. The van der Waals surface area contributed by atoms with Crippen LogP contribution < -0.4 is 4.74 Å². The van der Waals surface area contributed by atoms with Crippen molar-refractivity contribution in [2.45, 2.75) is 0 Å². The Morgan fingerprint density at radius 3 is 2.47 bits per heavy atom. The highest BCUT2D eigenvalue weighted by atomic mass is 16.5. The van der Waals surface area contributed by atoms with E-state index in [2.05, 4.69) is 9.72 Å². The van der Waals surface area contributed by atoms with Crippen molar-refractivity contribution in [1.82, 2.24) is 4.98 Å². The number of pyridine rings is 1. The van der Waals surface area contributed by atoms with Gasteiger partial charge in [0.2, 0.25) is 5.88 Å².